The van der Waals surface area contributed by atoms with E-state index in [2.05, 4.69) is 11.9 Å². The quantitative estimate of drug-likeness (QED) is 0.703. The lowest BCUT2D eigenvalue weighted by molar-refractivity contribution is 1.10. The standard InChI is InChI=1S/C8H12N2S/c1-2-5-11-7-3-4-8(9)10-6-7/h3-4,6H,2,5H2,1H3,(H2,9,10). The van der Waals surface area contributed by atoms with Gasteiger partial charge in [-0.2, -0.15) is 0 Å². The van der Waals surface area contributed by atoms with Gasteiger partial charge in [-0.05, 0) is 24.3 Å². The first-order valence-corrected chi connectivity index (χ1v) is 4.66. The molecule has 0 aliphatic carbocycles. The third-order valence-corrected chi connectivity index (χ3v) is 2.42. The highest BCUT2D eigenvalue weighted by atomic mass is 32.2. The topological polar surface area (TPSA) is 38.9 Å². The fourth-order valence-electron chi connectivity index (χ4n) is 0.697. The lowest BCUT2D eigenvalue weighted by atomic mass is 10.5. The summed E-state index contributed by atoms with van der Waals surface area (Å²) in [6, 6.07) is 3.83. The Kier molecular flexibility index (Phi) is 3.23. The van der Waals surface area contributed by atoms with Crippen molar-refractivity contribution in [3.63, 3.8) is 0 Å². The highest BCUT2D eigenvalue weighted by Crippen LogP contribution is 2.17. The third kappa shape index (κ3) is 2.80. The van der Waals surface area contributed by atoms with Crippen LogP contribution in [-0.4, -0.2) is 10.7 Å². The molecule has 2 N–H and O–H groups in total. The molecule has 0 saturated carbocycles. The molecule has 1 aromatic heterocycles. The first kappa shape index (κ1) is 8.40. The van der Waals surface area contributed by atoms with Crippen molar-refractivity contribution in [3.8, 4) is 0 Å². The summed E-state index contributed by atoms with van der Waals surface area (Å²) in [7, 11) is 0. The average Bonchev–Trinajstić information content (AvgIpc) is 2.04. The Morgan fingerprint density at radius 3 is 2.91 bits per heavy atom. The summed E-state index contributed by atoms with van der Waals surface area (Å²) in [5.41, 5.74) is 5.43. The van der Waals surface area contributed by atoms with Crippen LogP contribution < -0.4 is 5.73 Å². The van der Waals surface area contributed by atoms with E-state index in [-0.39, 0.29) is 0 Å². The molecule has 3 heteroatoms. The van der Waals surface area contributed by atoms with Crippen molar-refractivity contribution in [3.05, 3.63) is 18.3 Å². The molecule has 1 aromatic rings. The zero-order valence-corrected chi connectivity index (χ0v) is 7.40. The van der Waals surface area contributed by atoms with Crippen molar-refractivity contribution < 1.29 is 0 Å². The van der Waals surface area contributed by atoms with E-state index in [4.69, 9.17) is 5.73 Å². The summed E-state index contributed by atoms with van der Waals surface area (Å²) in [6.07, 6.45) is 3.00. The van der Waals surface area contributed by atoms with Crippen LogP contribution in [0.15, 0.2) is 23.2 Å². The minimum absolute atomic E-state index is 0.589. The molecule has 0 aromatic carbocycles. The van der Waals surface area contributed by atoms with Crippen LogP contribution in [0.3, 0.4) is 0 Å². The van der Waals surface area contributed by atoms with Gasteiger partial charge >= 0.3 is 0 Å². The Morgan fingerprint density at radius 1 is 1.55 bits per heavy atom. The van der Waals surface area contributed by atoms with Crippen molar-refractivity contribution in [1.82, 2.24) is 4.98 Å². The van der Waals surface area contributed by atoms with E-state index in [0.717, 1.165) is 5.75 Å². The average molecular weight is 168 g/mol. The third-order valence-electron chi connectivity index (χ3n) is 1.23. The van der Waals surface area contributed by atoms with E-state index < -0.39 is 0 Å². The highest BCUT2D eigenvalue weighted by Gasteiger charge is 1.91. The fraction of sp³-hybridized carbons (Fsp3) is 0.375. The smallest absolute Gasteiger partial charge is 0.123 e. The number of nitrogens with two attached hydrogens (primary N) is 1. The number of nitrogens with zero attached hydrogens (tertiary/aromatic N) is 1. The van der Waals surface area contributed by atoms with Crippen LogP contribution in [0.5, 0.6) is 0 Å². The number of hydrogen-bond donors (Lipinski definition) is 1. The number of anilines is 1. The first-order chi connectivity index (χ1) is 5.33. The van der Waals surface area contributed by atoms with Crippen LogP contribution in [0.1, 0.15) is 13.3 Å². The number of nitrogen functional groups attached to an aromatic ring is 1. The second-order valence-corrected chi connectivity index (χ2v) is 3.44. The number of pyridine rings is 1. The molecule has 0 saturated heterocycles. The van der Waals surface area contributed by atoms with Gasteiger partial charge in [-0.3, -0.25) is 0 Å². The van der Waals surface area contributed by atoms with Crippen molar-refractivity contribution in [2.75, 3.05) is 11.5 Å². The van der Waals surface area contributed by atoms with Gasteiger partial charge in [-0.15, -0.1) is 11.8 Å². The molecule has 0 spiro atoms. The summed E-state index contributed by atoms with van der Waals surface area (Å²) in [4.78, 5) is 5.18. The predicted octanol–water partition coefficient (Wildman–Crippen LogP) is 2.17. The zero-order chi connectivity index (χ0) is 8.10. The minimum Gasteiger partial charge on any atom is -0.384 e. The number of aromatic nitrogens is 1. The lowest BCUT2D eigenvalue weighted by Crippen LogP contribution is -1.88. The van der Waals surface area contributed by atoms with Crippen LogP contribution in [-0.2, 0) is 0 Å². The number of hydrogen-bond acceptors (Lipinski definition) is 3. The van der Waals surface area contributed by atoms with Crippen molar-refractivity contribution >= 4 is 17.6 Å². The minimum atomic E-state index is 0.589. The van der Waals surface area contributed by atoms with E-state index in [1.165, 1.54) is 11.3 Å². The predicted molar refractivity (Wildman–Crippen MR) is 49.7 cm³/mol. The zero-order valence-electron chi connectivity index (χ0n) is 6.58. The fourth-order valence-corrected chi connectivity index (χ4v) is 1.43. The van der Waals surface area contributed by atoms with Crippen molar-refractivity contribution in [1.29, 1.82) is 0 Å². The van der Waals surface area contributed by atoms with E-state index in [9.17, 15) is 0 Å². The van der Waals surface area contributed by atoms with Gasteiger partial charge in [0.15, 0.2) is 0 Å². The molecule has 0 radical (unpaired) electrons. The van der Waals surface area contributed by atoms with Gasteiger partial charge < -0.3 is 5.73 Å². The molecule has 11 heavy (non-hydrogen) atoms. The van der Waals surface area contributed by atoms with E-state index in [1.54, 1.807) is 0 Å². The largest absolute Gasteiger partial charge is 0.384 e. The lowest BCUT2D eigenvalue weighted by Gasteiger charge is -1.97. The molecule has 0 aliphatic heterocycles. The Morgan fingerprint density at radius 2 is 2.36 bits per heavy atom. The van der Waals surface area contributed by atoms with Crippen LogP contribution in [0.2, 0.25) is 0 Å². The van der Waals surface area contributed by atoms with E-state index >= 15 is 0 Å². The molecule has 2 nitrogen and oxygen atoms in total. The maximum Gasteiger partial charge on any atom is 0.123 e. The van der Waals surface area contributed by atoms with Crippen LogP contribution in [0, 0.1) is 0 Å². The second kappa shape index (κ2) is 4.23. The molecule has 0 unspecified atom stereocenters. The molecular formula is C8H12N2S. The Hall–Kier alpha value is -0.700. The van der Waals surface area contributed by atoms with Crippen molar-refractivity contribution in [2.24, 2.45) is 0 Å². The first-order valence-electron chi connectivity index (χ1n) is 3.67. The summed E-state index contributed by atoms with van der Waals surface area (Å²) >= 11 is 1.81. The summed E-state index contributed by atoms with van der Waals surface area (Å²) in [6.45, 7) is 2.16. The van der Waals surface area contributed by atoms with E-state index in [1.807, 2.05) is 30.1 Å². The Balaban J connectivity index is 2.52. The van der Waals surface area contributed by atoms with Crippen LogP contribution >= 0.6 is 11.8 Å². The highest BCUT2D eigenvalue weighted by molar-refractivity contribution is 7.99. The number of rotatable bonds is 3. The SMILES string of the molecule is CCCSc1ccc(N)nc1. The van der Waals surface area contributed by atoms with Crippen LogP contribution in [0.25, 0.3) is 0 Å². The Bertz CT molecular complexity index is 208. The summed E-state index contributed by atoms with van der Waals surface area (Å²) < 4.78 is 0. The maximum absolute atomic E-state index is 5.43. The molecule has 0 fully saturated rings. The van der Waals surface area contributed by atoms with Gasteiger partial charge in [0.2, 0.25) is 0 Å². The molecule has 0 bridgehead atoms. The monoisotopic (exact) mass is 168 g/mol. The molecule has 60 valence electrons. The van der Waals surface area contributed by atoms with Gasteiger partial charge in [0.1, 0.15) is 5.82 Å². The molecular weight excluding hydrogens is 156 g/mol. The second-order valence-electron chi connectivity index (χ2n) is 2.27. The van der Waals surface area contributed by atoms with Gasteiger partial charge in [0, 0.05) is 11.1 Å². The van der Waals surface area contributed by atoms with Gasteiger partial charge in [-0.25, -0.2) is 4.98 Å². The van der Waals surface area contributed by atoms with Crippen LogP contribution in [0.4, 0.5) is 5.82 Å². The molecule has 0 aliphatic rings. The van der Waals surface area contributed by atoms with E-state index in [0.29, 0.717) is 5.82 Å². The van der Waals surface area contributed by atoms with Crippen molar-refractivity contribution in [2.45, 2.75) is 18.2 Å². The molecule has 1 rings (SSSR count). The van der Waals surface area contributed by atoms with Gasteiger partial charge in [-0.1, -0.05) is 6.92 Å². The number of thioether (sulfide) groups is 1. The molecule has 0 amide bonds. The van der Waals surface area contributed by atoms with Gasteiger partial charge in [0.25, 0.3) is 0 Å². The molecule has 0 atom stereocenters. The summed E-state index contributed by atoms with van der Waals surface area (Å²) in [5, 5.41) is 0. The normalized spacial score (nSPS) is 9.91. The maximum atomic E-state index is 5.43. The molecule has 1 heterocycles. The van der Waals surface area contributed by atoms with Gasteiger partial charge in [0.05, 0.1) is 0 Å². The summed E-state index contributed by atoms with van der Waals surface area (Å²) in [5.74, 6) is 1.73. The Labute approximate surface area is 71.2 Å².